The first-order chi connectivity index (χ1) is 10.8. The van der Waals surface area contributed by atoms with Gasteiger partial charge in [-0.3, -0.25) is 9.69 Å². The summed E-state index contributed by atoms with van der Waals surface area (Å²) in [6, 6.07) is 9.36. The monoisotopic (exact) mass is 323 g/mol. The second-order valence-electron chi connectivity index (χ2n) is 6.04. The van der Waals surface area contributed by atoms with Crippen molar-refractivity contribution in [1.29, 1.82) is 0 Å². The van der Waals surface area contributed by atoms with Gasteiger partial charge in [0, 0.05) is 13.7 Å². The first kappa shape index (κ1) is 19.0. The van der Waals surface area contributed by atoms with E-state index in [0.29, 0.717) is 6.61 Å². The zero-order chi connectivity index (χ0) is 17.3. The minimum absolute atomic E-state index is 0.173. The van der Waals surface area contributed by atoms with Gasteiger partial charge in [-0.2, -0.15) is 0 Å². The molecule has 6 nitrogen and oxygen atoms in total. The molecular weight excluding hydrogens is 298 g/mol. The van der Waals surface area contributed by atoms with E-state index in [0.717, 1.165) is 5.56 Å². The van der Waals surface area contributed by atoms with Crippen molar-refractivity contribution in [1.82, 2.24) is 4.90 Å². The first-order valence-electron chi connectivity index (χ1n) is 7.48. The zero-order valence-electron chi connectivity index (χ0n) is 14.2. The molecule has 6 heteroatoms. The molecule has 0 aliphatic rings. The van der Waals surface area contributed by atoms with Crippen LogP contribution in [0.15, 0.2) is 30.3 Å². The highest BCUT2D eigenvalue weighted by Crippen LogP contribution is 2.10. The lowest BCUT2D eigenvalue weighted by Crippen LogP contribution is -2.41. The minimum atomic E-state index is -0.629. The molecule has 0 bridgehead atoms. The van der Waals surface area contributed by atoms with Crippen molar-refractivity contribution in [3.8, 4) is 0 Å². The number of rotatable bonds is 7. The minimum Gasteiger partial charge on any atom is -0.459 e. The molecule has 0 saturated carbocycles. The van der Waals surface area contributed by atoms with Crippen LogP contribution in [-0.4, -0.2) is 49.4 Å². The molecule has 0 aliphatic carbocycles. The number of carbonyl (C=O) groups is 2. The molecule has 1 aromatic rings. The maximum Gasteiger partial charge on any atom is 0.410 e. The molecule has 1 rings (SSSR count). The van der Waals surface area contributed by atoms with Crippen molar-refractivity contribution >= 4 is 12.1 Å². The van der Waals surface area contributed by atoms with Gasteiger partial charge in [-0.25, -0.2) is 4.79 Å². The molecule has 0 saturated heterocycles. The maximum atomic E-state index is 12.1. The fraction of sp³-hybridized carbons (Fsp3) is 0.529. The van der Waals surface area contributed by atoms with Crippen LogP contribution in [0.2, 0.25) is 0 Å². The zero-order valence-corrected chi connectivity index (χ0v) is 14.2. The van der Waals surface area contributed by atoms with Crippen molar-refractivity contribution in [2.75, 3.05) is 26.8 Å². The average Bonchev–Trinajstić information content (AvgIpc) is 2.48. The fourth-order valence-corrected chi connectivity index (χ4v) is 1.70. The number of hydrogen-bond acceptors (Lipinski definition) is 5. The molecule has 0 spiro atoms. The second-order valence-corrected chi connectivity index (χ2v) is 6.04. The van der Waals surface area contributed by atoms with E-state index in [4.69, 9.17) is 14.2 Å². The molecule has 0 fully saturated rings. The number of ether oxygens (including phenoxy) is 3. The number of nitrogens with zero attached hydrogens (tertiary/aromatic N) is 1. The Kier molecular flexibility index (Phi) is 7.54. The highest BCUT2D eigenvalue weighted by Gasteiger charge is 2.24. The predicted octanol–water partition coefficient (Wildman–Crippen LogP) is 2.61. The van der Waals surface area contributed by atoms with Crippen LogP contribution in [0.5, 0.6) is 0 Å². The summed E-state index contributed by atoms with van der Waals surface area (Å²) in [5.41, 5.74) is 0.262. The van der Waals surface area contributed by atoms with Gasteiger partial charge in [0.15, 0.2) is 0 Å². The standard InChI is InChI=1S/C17H25NO5/c1-17(2,3)23-16(20)18(10-11-21-4)12-15(19)22-13-14-8-6-5-7-9-14/h5-9H,10-13H2,1-4H3. The summed E-state index contributed by atoms with van der Waals surface area (Å²) in [5.74, 6) is -0.490. The fourth-order valence-electron chi connectivity index (χ4n) is 1.70. The van der Waals surface area contributed by atoms with E-state index in [1.165, 1.54) is 12.0 Å². The van der Waals surface area contributed by atoms with Gasteiger partial charge < -0.3 is 14.2 Å². The van der Waals surface area contributed by atoms with E-state index >= 15 is 0 Å². The van der Waals surface area contributed by atoms with Crippen molar-refractivity contribution in [3.63, 3.8) is 0 Å². The topological polar surface area (TPSA) is 65.1 Å². The van der Waals surface area contributed by atoms with Gasteiger partial charge in [0.05, 0.1) is 6.61 Å². The second kappa shape index (κ2) is 9.15. The van der Waals surface area contributed by atoms with Crippen LogP contribution < -0.4 is 0 Å². The van der Waals surface area contributed by atoms with Crippen molar-refractivity contribution in [2.45, 2.75) is 33.0 Å². The number of methoxy groups -OCH3 is 1. The largest absolute Gasteiger partial charge is 0.459 e. The lowest BCUT2D eigenvalue weighted by atomic mass is 10.2. The molecule has 0 atom stereocenters. The first-order valence-corrected chi connectivity index (χ1v) is 7.48. The molecule has 1 aromatic carbocycles. The summed E-state index contributed by atoms with van der Waals surface area (Å²) in [6.45, 7) is 5.88. The Hall–Kier alpha value is -2.08. The molecule has 0 heterocycles. The van der Waals surface area contributed by atoms with Crippen LogP contribution in [0.4, 0.5) is 4.79 Å². The van der Waals surface area contributed by atoms with E-state index in [1.807, 2.05) is 30.3 Å². The highest BCUT2D eigenvalue weighted by molar-refractivity contribution is 5.78. The Morgan fingerprint density at radius 2 is 1.78 bits per heavy atom. The summed E-state index contributed by atoms with van der Waals surface area (Å²) < 4.78 is 15.4. The van der Waals surface area contributed by atoms with Crippen molar-refractivity contribution < 1.29 is 23.8 Å². The summed E-state index contributed by atoms with van der Waals surface area (Å²) in [6.07, 6.45) is -0.564. The Morgan fingerprint density at radius 3 is 2.35 bits per heavy atom. The highest BCUT2D eigenvalue weighted by atomic mass is 16.6. The van der Waals surface area contributed by atoms with Crippen molar-refractivity contribution in [2.24, 2.45) is 0 Å². The van der Waals surface area contributed by atoms with Crippen LogP contribution in [0, 0.1) is 0 Å². The quantitative estimate of drug-likeness (QED) is 0.722. The molecule has 0 aliphatic heterocycles. The molecular formula is C17H25NO5. The SMILES string of the molecule is COCCN(CC(=O)OCc1ccccc1)C(=O)OC(C)(C)C. The lowest BCUT2D eigenvalue weighted by molar-refractivity contribution is -0.146. The molecule has 0 unspecified atom stereocenters. The third-order valence-electron chi connectivity index (χ3n) is 2.78. The van der Waals surface area contributed by atoms with Crippen LogP contribution in [0.1, 0.15) is 26.3 Å². The number of benzene rings is 1. The van der Waals surface area contributed by atoms with Crippen molar-refractivity contribution in [3.05, 3.63) is 35.9 Å². The van der Waals surface area contributed by atoms with E-state index in [2.05, 4.69) is 0 Å². The lowest BCUT2D eigenvalue weighted by Gasteiger charge is -2.26. The van der Waals surface area contributed by atoms with Gasteiger partial charge in [0.1, 0.15) is 18.8 Å². The third-order valence-corrected chi connectivity index (χ3v) is 2.78. The number of carbonyl (C=O) groups excluding carboxylic acids is 2. The molecule has 23 heavy (non-hydrogen) atoms. The number of hydrogen-bond donors (Lipinski definition) is 0. The van der Waals surface area contributed by atoms with Gasteiger partial charge in [0.25, 0.3) is 0 Å². The van der Waals surface area contributed by atoms with Crippen LogP contribution >= 0.6 is 0 Å². The molecule has 128 valence electrons. The van der Waals surface area contributed by atoms with Gasteiger partial charge in [-0.05, 0) is 26.3 Å². The van der Waals surface area contributed by atoms with Gasteiger partial charge in [0.2, 0.25) is 0 Å². The number of amides is 1. The molecule has 0 aromatic heterocycles. The van der Waals surface area contributed by atoms with Gasteiger partial charge >= 0.3 is 12.1 Å². The molecule has 0 radical (unpaired) electrons. The third kappa shape index (κ3) is 8.21. The smallest absolute Gasteiger partial charge is 0.410 e. The maximum absolute atomic E-state index is 12.1. The summed E-state index contributed by atoms with van der Waals surface area (Å²) >= 11 is 0. The number of esters is 1. The average molecular weight is 323 g/mol. The van der Waals surface area contributed by atoms with E-state index in [1.54, 1.807) is 20.8 Å². The summed E-state index contributed by atoms with van der Waals surface area (Å²) in [4.78, 5) is 25.3. The Morgan fingerprint density at radius 1 is 1.13 bits per heavy atom. The van der Waals surface area contributed by atoms with E-state index < -0.39 is 17.7 Å². The normalized spacial score (nSPS) is 11.0. The van der Waals surface area contributed by atoms with Crippen LogP contribution in [-0.2, 0) is 25.6 Å². The summed E-state index contributed by atoms with van der Waals surface area (Å²) in [7, 11) is 1.53. The molecule has 1 amide bonds. The Balaban J connectivity index is 2.54. The Labute approximate surface area is 137 Å². The van der Waals surface area contributed by atoms with E-state index in [-0.39, 0.29) is 19.7 Å². The van der Waals surface area contributed by atoms with Crippen LogP contribution in [0.25, 0.3) is 0 Å². The summed E-state index contributed by atoms with van der Waals surface area (Å²) in [5, 5.41) is 0. The Bertz CT molecular complexity index is 495. The molecule has 0 N–H and O–H groups in total. The van der Waals surface area contributed by atoms with Crippen LogP contribution in [0.3, 0.4) is 0 Å². The van der Waals surface area contributed by atoms with Gasteiger partial charge in [-0.1, -0.05) is 30.3 Å². The van der Waals surface area contributed by atoms with Gasteiger partial charge in [-0.15, -0.1) is 0 Å². The predicted molar refractivity (Wildman–Crippen MR) is 85.9 cm³/mol. The van der Waals surface area contributed by atoms with E-state index in [9.17, 15) is 9.59 Å².